The molecule has 9 nitrogen and oxygen atoms in total. The normalized spacial score (nSPS) is 13.2. The van der Waals surface area contributed by atoms with E-state index in [1.165, 1.54) is 34.4 Å². The number of hydrogen-bond acceptors (Lipinski definition) is 7. The molecule has 0 radical (unpaired) electrons. The Kier molecular flexibility index (Phi) is 4.94. The van der Waals surface area contributed by atoms with Gasteiger partial charge in [-0.05, 0) is 56.3 Å². The standard InChI is InChI=1S/C23H19N5O4S/c1-12(2)27-20(30)16-9-6-14(10-17(16)21(27)31)19(29)24-22-25-23-28(26-22)18(11-33-23)13-4-7-15(32-3)8-5-13/h4-12H,1-3H3,(H,24,26,29). The third-order valence-corrected chi connectivity index (χ3v) is 6.21. The fourth-order valence-corrected chi connectivity index (χ4v) is 4.57. The first-order valence-electron chi connectivity index (χ1n) is 10.2. The van der Waals surface area contributed by atoms with Gasteiger partial charge in [0.15, 0.2) is 0 Å². The summed E-state index contributed by atoms with van der Waals surface area (Å²) in [6, 6.07) is 11.8. The van der Waals surface area contributed by atoms with Crippen LogP contribution in [-0.2, 0) is 0 Å². The van der Waals surface area contributed by atoms with Gasteiger partial charge in [0, 0.05) is 22.5 Å². The van der Waals surface area contributed by atoms with Gasteiger partial charge in [0.25, 0.3) is 23.7 Å². The van der Waals surface area contributed by atoms with Gasteiger partial charge < -0.3 is 4.74 Å². The van der Waals surface area contributed by atoms with Gasteiger partial charge >= 0.3 is 0 Å². The molecule has 1 aliphatic heterocycles. The van der Waals surface area contributed by atoms with Gasteiger partial charge in [0.1, 0.15) is 5.75 Å². The maximum atomic E-state index is 12.8. The Balaban J connectivity index is 1.40. The van der Waals surface area contributed by atoms with Gasteiger partial charge in [0.2, 0.25) is 4.96 Å². The van der Waals surface area contributed by atoms with Crippen LogP contribution in [0.25, 0.3) is 16.2 Å². The highest BCUT2D eigenvalue weighted by atomic mass is 32.1. The fourth-order valence-electron chi connectivity index (χ4n) is 3.74. The molecule has 0 spiro atoms. The van der Waals surface area contributed by atoms with Crippen molar-refractivity contribution < 1.29 is 19.1 Å². The van der Waals surface area contributed by atoms with Crippen molar-refractivity contribution >= 4 is 40.0 Å². The first-order chi connectivity index (χ1) is 15.9. The van der Waals surface area contributed by atoms with Crippen LogP contribution >= 0.6 is 11.3 Å². The maximum Gasteiger partial charge on any atom is 0.261 e. The number of aromatic nitrogens is 3. The summed E-state index contributed by atoms with van der Waals surface area (Å²) in [6.07, 6.45) is 0. The first-order valence-corrected chi connectivity index (χ1v) is 11.1. The summed E-state index contributed by atoms with van der Waals surface area (Å²) in [7, 11) is 1.61. The average Bonchev–Trinajstić information content (AvgIpc) is 3.45. The number of amides is 3. The van der Waals surface area contributed by atoms with Gasteiger partial charge in [-0.1, -0.05) is 0 Å². The lowest BCUT2D eigenvalue weighted by atomic mass is 10.1. The molecular formula is C23H19N5O4S. The van der Waals surface area contributed by atoms with Crippen LogP contribution in [-0.4, -0.2) is 50.4 Å². The lowest BCUT2D eigenvalue weighted by Gasteiger charge is -2.17. The smallest absolute Gasteiger partial charge is 0.261 e. The minimum Gasteiger partial charge on any atom is -0.497 e. The van der Waals surface area contributed by atoms with Gasteiger partial charge in [-0.3, -0.25) is 24.6 Å². The zero-order valence-corrected chi connectivity index (χ0v) is 18.8. The monoisotopic (exact) mass is 461 g/mol. The summed E-state index contributed by atoms with van der Waals surface area (Å²) in [6.45, 7) is 3.54. The highest BCUT2D eigenvalue weighted by Crippen LogP contribution is 2.28. The Bertz CT molecular complexity index is 1420. The van der Waals surface area contributed by atoms with Crippen molar-refractivity contribution in [1.82, 2.24) is 19.5 Å². The molecule has 1 N–H and O–H groups in total. The van der Waals surface area contributed by atoms with E-state index in [0.29, 0.717) is 10.5 Å². The second kappa shape index (κ2) is 7.82. The summed E-state index contributed by atoms with van der Waals surface area (Å²) in [5, 5.41) is 9.03. The topological polar surface area (TPSA) is 106 Å². The third kappa shape index (κ3) is 3.44. The summed E-state index contributed by atoms with van der Waals surface area (Å²) in [5.41, 5.74) is 2.54. The molecule has 2 aromatic carbocycles. The average molecular weight is 462 g/mol. The SMILES string of the molecule is COc1ccc(-c2csc3nc(NC(=O)c4ccc5c(c4)C(=O)N(C(C)C)C5=O)nn23)cc1. The van der Waals surface area contributed by atoms with E-state index < -0.39 is 11.8 Å². The number of hydrogen-bond donors (Lipinski definition) is 1. The number of thiazole rings is 1. The predicted octanol–water partition coefficient (Wildman–Crippen LogP) is 3.72. The number of nitrogens with one attached hydrogen (secondary N) is 1. The van der Waals surface area contributed by atoms with E-state index in [-0.39, 0.29) is 29.0 Å². The second-order valence-corrected chi connectivity index (χ2v) is 8.60. The Morgan fingerprint density at radius 2 is 1.79 bits per heavy atom. The minimum absolute atomic E-state index is 0.147. The highest BCUT2D eigenvalue weighted by molar-refractivity contribution is 7.15. The molecule has 33 heavy (non-hydrogen) atoms. The molecule has 2 aromatic heterocycles. The fraction of sp³-hybridized carbons (Fsp3) is 0.174. The van der Waals surface area contributed by atoms with E-state index in [1.54, 1.807) is 25.5 Å². The predicted molar refractivity (Wildman–Crippen MR) is 123 cm³/mol. The molecule has 0 atom stereocenters. The van der Waals surface area contributed by atoms with Crippen molar-refractivity contribution in [3.05, 3.63) is 64.5 Å². The van der Waals surface area contributed by atoms with Crippen molar-refractivity contribution in [1.29, 1.82) is 0 Å². The van der Waals surface area contributed by atoms with E-state index >= 15 is 0 Å². The number of carbonyl (C=O) groups is 3. The van der Waals surface area contributed by atoms with Gasteiger partial charge in [-0.15, -0.1) is 16.4 Å². The van der Waals surface area contributed by atoms with E-state index in [4.69, 9.17) is 4.74 Å². The van der Waals surface area contributed by atoms with Crippen LogP contribution in [0.4, 0.5) is 5.95 Å². The molecule has 4 aromatic rings. The molecule has 0 fully saturated rings. The van der Waals surface area contributed by atoms with E-state index in [2.05, 4.69) is 15.4 Å². The third-order valence-electron chi connectivity index (χ3n) is 5.39. The van der Waals surface area contributed by atoms with Crippen LogP contribution in [0, 0.1) is 0 Å². The van der Waals surface area contributed by atoms with Crippen molar-refractivity contribution in [3.8, 4) is 17.0 Å². The molecule has 5 rings (SSSR count). The molecule has 3 heterocycles. The number of ether oxygens (including phenoxy) is 1. The Hall–Kier alpha value is -4.05. The molecule has 0 aliphatic carbocycles. The number of anilines is 1. The number of fused-ring (bicyclic) bond motifs is 2. The Morgan fingerprint density at radius 1 is 1.06 bits per heavy atom. The molecule has 0 saturated heterocycles. The number of benzene rings is 2. The summed E-state index contributed by atoms with van der Waals surface area (Å²) in [4.78, 5) is 44.1. The number of imide groups is 1. The number of nitrogens with zero attached hydrogens (tertiary/aromatic N) is 4. The van der Waals surface area contributed by atoms with Crippen molar-refractivity contribution in [2.75, 3.05) is 12.4 Å². The maximum absolute atomic E-state index is 12.8. The van der Waals surface area contributed by atoms with Crippen LogP contribution < -0.4 is 10.1 Å². The minimum atomic E-state index is -0.467. The van der Waals surface area contributed by atoms with Crippen molar-refractivity contribution in [2.45, 2.75) is 19.9 Å². The van der Waals surface area contributed by atoms with Crippen LogP contribution in [0.2, 0.25) is 0 Å². The van der Waals surface area contributed by atoms with Gasteiger partial charge in [-0.2, -0.15) is 4.98 Å². The zero-order chi connectivity index (χ0) is 23.3. The summed E-state index contributed by atoms with van der Waals surface area (Å²) >= 11 is 1.40. The summed E-state index contributed by atoms with van der Waals surface area (Å²) < 4.78 is 6.86. The van der Waals surface area contributed by atoms with Crippen LogP contribution in [0.5, 0.6) is 5.75 Å². The molecule has 0 unspecified atom stereocenters. The van der Waals surface area contributed by atoms with Gasteiger partial charge in [0.05, 0.1) is 23.9 Å². The molecule has 0 saturated carbocycles. The summed E-state index contributed by atoms with van der Waals surface area (Å²) in [5.74, 6) is -0.315. The number of carbonyl (C=O) groups excluding carboxylic acids is 3. The quantitative estimate of drug-likeness (QED) is 0.454. The van der Waals surface area contributed by atoms with Crippen molar-refractivity contribution in [3.63, 3.8) is 0 Å². The lowest BCUT2D eigenvalue weighted by Crippen LogP contribution is -2.35. The molecule has 10 heteroatoms. The van der Waals surface area contributed by atoms with E-state index in [1.807, 2.05) is 29.6 Å². The number of rotatable bonds is 5. The highest BCUT2D eigenvalue weighted by Gasteiger charge is 2.37. The van der Waals surface area contributed by atoms with Crippen LogP contribution in [0.3, 0.4) is 0 Å². The van der Waals surface area contributed by atoms with E-state index in [0.717, 1.165) is 17.0 Å². The lowest BCUT2D eigenvalue weighted by molar-refractivity contribution is 0.0609. The van der Waals surface area contributed by atoms with Crippen LogP contribution in [0.15, 0.2) is 47.8 Å². The Morgan fingerprint density at radius 3 is 2.48 bits per heavy atom. The second-order valence-electron chi connectivity index (χ2n) is 7.77. The van der Waals surface area contributed by atoms with Gasteiger partial charge in [-0.25, -0.2) is 4.52 Å². The molecule has 0 bridgehead atoms. The Labute approximate surface area is 192 Å². The molecule has 166 valence electrons. The molecule has 1 aliphatic rings. The zero-order valence-electron chi connectivity index (χ0n) is 18.0. The molecule has 3 amide bonds. The van der Waals surface area contributed by atoms with E-state index in [9.17, 15) is 14.4 Å². The van der Waals surface area contributed by atoms with Crippen molar-refractivity contribution in [2.24, 2.45) is 0 Å². The van der Waals surface area contributed by atoms with Crippen LogP contribution in [0.1, 0.15) is 44.9 Å². The first kappa shape index (κ1) is 20.8. The number of methoxy groups -OCH3 is 1. The largest absolute Gasteiger partial charge is 0.497 e. The molecular weight excluding hydrogens is 442 g/mol.